The Hall–Kier alpha value is -0.729. The lowest BCUT2D eigenvalue weighted by Gasteiger charge is -2.45. The first-order chi connectivity index (χ1) is 16.3. The molecule has 1 fully saturated rings. The molecule has 1 saturated heterocycles. The highest BCUT2D eigenvalue weighted by Crippen LogP contribution is 2.48. The first-order valence-corrected chi connectivity index (χ1v) is 21.8. The number of nitrogens with zero attached hydrogens (tertiary/aromatic N) is 3. The summed E-state index contributed by atoms with van der Waals surface area (Å²) >= 11 is 0. The zero-order chi connectivity index (χ0) is 29.5. The Labute approximate surface area is 228 Å². The Bertz CT molecular complexity index is 870. The number of rotatable bonds is 9. The number of carbonyl (C=O) groups is 1. The fraction of sp³-hybridized carbons (Fsp3) is 0.960. The molecule has 0 saturated carbocycles. The predicted molar refractivity (Wildman–Crippen MR) is 156 cm³/mol. The second-order valence-electron chi connectivity index (χ2n) is 14.7. The van der Waals surface area contributed by atoms with E-state index < -0.39 is 55.0 Å². The van der Waals surface area contributed by atoms with Crippen LogP contribution >= 0.6 is 0 Å². The van der Waals surface area contributed by atoms with E-state index in [4.69, 9.17) is 22.8 Å². The minimum Gasteiger partial charge on any atom is -0.467 e. The van der Waals surface area contributed by atoms with Crippen LogP contribution in [-0.2, 0) is 27.5 Å². The summed E-state index contributed by atoms with van der Waals surface area (Å²) in [6, 6.07) is 0. The van der Waals surface area contributed by atoms with Gasteiger partial charge in [0.1, 0.15) is 18.3 Å². The van der Waals surface area contributed by atoms with E-state index in [0.717, 1.165) is 0 Å². The fourth-order valence-corrected chi connectivity index (χ4v) is 6.82. The molecule has 0 N–H and O–H groups in total. The smallest absolute Gasteiger partial charge is 0.347 e. The number of carbonyl (C=O) groups excluding carboxylic acids is 1. The van der Waals surface area contributed by atoms with Crippen molar-refractivity contribution in [1.82, 2.24) is 0 Å². The average Bonchev–Trinajstić information content (AvgIpc) is 2.96. The van der Waals surface area contributed by atoms with Gasteiger partial charge in [-0.15, -0.1) is 0 Å². The lowest BCUT2D eigenvalue weighted by atomic mass is 10.0. The number of hydrogen-bond donors (Lipinski definition) is 0. The van der Waals surface area contributed by atoms with Crippen LogP contribution in [0.2, 0.25) is 54.4 Å². The Morgan fingerprint density at radius 1 is 0.865 bits per heavy atom. The van der Waals surface area contributed by atoms with Crippen molar-refractivity contribution < 1.29 is 27.5 Å². The van der Waals surface area contributed by atoms with Crippen molar-refractivity contribution >= 4 is 30.9 Å². The van der Waals surface area contributed by atoms with Crippen LogP contribution in [0.25, 0.3) is 10.4 Å². The Morgan fingerprint density at radius 3 is 1.68 bits per heavy atom. The molecular formula is C25H53N3O6Si3. The van der Waals surface area contributed by atoms with E-state index in [1.807, 2.05) is 0 Å². The Morgan fingerprint density at radius 2 is 1.30 bits per heavy atom. The van der Waals surface area contributed by atoms with Gasteiger partial charge in [-0.25, -0.2) is 4.79 Å². The molecule has 37 heavy (non-hydrogen) atoms. The Kier molecular flexibility index (Phi) is 10.2. The highest BCUT2D eigenvalue weighted by atomic mass is 28.4. The van der Waals surface area contributed by atoms with Crippen molar-refractivity contribution in [3.05, 3.63) is 10.4 Å². The fourth-order valence-electron chi connectivity index (χ4n) is 3.21. The van der Waals surface area contributed by atoms with Gasteiger partial charge in [0.2, 0.25) is 0 Å². The zero-order valence-electron chi connectivity index (χ0n) is 26.2. The summed E-state index contributed by atoms with van der Waals surface area (Å²) in [5.41, 5.74) is 7.56. The highest BCUT2D eigenvalue weighted by Gasteiger charge is 2.65. The van der Waals surface area contributed by atoms with Crippen LogP contribution in [0.4, 0.5) is 0 Å². The van der Waals surface area contributed by atoms with E-state index in [2.05, 4.69) is 112 Å². The maximum absolute atomic E-state index is 13.3. The molecule has 1 aliphatic heterocycles. The maximum atomic E-state index is 13.3. The van der Waals surface area contributed by atoms with Crippen molar-refractivity contribution in [3.63, 3.8) is 0 Å². The number of hydrogen-bond acceptors (Lipinski definition) is 7. The third kappa shape index (κ3) is 7.27. The van der Waals surface area contributed by atoms with Gasteiger partial charge in [0.15, 0.2) is 25.0 Å². The van der Waals surface area contributed by atoms with E-state index in [0.29, 0.717) is 0 Å². The molecule has 216 valence electrons. The van der Waals surface area contributed by atoms with Gasteiger partial charge in [0.05, 0.1) is 13.7 Å². The van der Waals surface area contributed by atoms with Crippen LogP contribution in [0.3, 0.4) is 0 Å². The molecule has 0 amide bonds. The molecule has 0 unspecified atom stereocenters. The van der Waals surface area contributed by atoms with E-state index in [1.54, 1.807) is 0 Å². The third-order valence-electron chi connectivity index (χ3n) is 8.93. The van der Waals surface area contributed by atoms with Gasteiger partial charge >= 0.3 is 5.97 Å². The molecule has 9 nitrogen and oxygen atoms in total. The van der Waals surface area contributed by atoms with Crippen molar-refractivity contribution in [1.29, 1.82) is 0 Å². The lowest BCUT2D eigenvalue weighted by molar-refractivity contribution is -0.175. The summed E-state index contributed by atoms with van der Waals surface area (Å²) in [5, 5.41) is 3.61. The molecular weight excluding hydrogens is 523 g/mol. The first kappa shape index (κ1) is 34.3. The van der Waals surface area contributed by atoms with Crippen molar-refractivity contribution in [2.75, 3.05) is 13.7 Å². The summed E-state index contributed by atoms with van der Waals surface area (Å²) in [6.07, 6.45) is -2.37. The van der Waals surface area contributed by atoms with E-state index >= 15 is 0 Å². The SMILES string of the molecule is COC(=O)[C@@]1(N=[N+]=[N-])O[C@H](CO[Si](C)(C)C(C)(C)C)[C@@H](O[Si](C)(C)C(C)(C)C)[C@@H]1O[Si](C)(C)C(C)(C)C. The average molecular weight is 576 g/mol. The molecule has 0 aromatic carbocycles. The molecule has 0 bridgehead atoms. The molecule has 12 heteroatoms. The second kappa shape index (κ2) is 11.0. The van der Waals surface area contributed by atoms with Crippen LogP contribution in [0.15, 0.2) is 5.11 Å². The van der Waals surface area contributed by atoms with Crippen molar-refractivity contribution in [2.24, 2.45) is 5.11 Å². The monoisotopic (exact) mass is 575 g/mol. The number of ether oxygens (including phenoxy) is 2. The quantitative estimate of drug-likeness (QED) is 0.0932. The first-order valence-electron chi connectivity index (χ1n) is 13.1. The van der Waals surface area contributed by atoms with Crippen molar-refractivity contribution in [3.8, 4) is 0 Å². The van der Waals surface area contributed by atoms with E-state index in [1.165, 1.54) is 7.11 Å². The number of methoxy groups -OCH3 is 1. The van der Waals surface area contributed by atoms with Gasteiger partial charge in [0.25, 0.3) is 5.72 Å². The summed E-state index contributed by atoms with van der Waals surface area (Å²) in [4.78, 5) is 16.4. The summed E-state index contributed by atoms with van der Waals surface area (Å²) in [7, 11) is -5.80. The molecule has 1 heterocycles. The molecule has 0 aliphatic carbocycles. The van der Waals surface area contributed by atoms with Gasteiger partial charge in [0, 0.05) is 4.91 Å². The lowest BCUT2D eigenvalue weighted by Crippen LogP contribution is -2.59. The van der Waals surface area contributed by atoms with Gasteiger partial charge < -0.3 is 22.8 Å². The molecule has 0 spiro atoms. The topological polar surface area (TPSA) is 112 Å². The van der Waals surface area contributed by atoms with Gasteiger partial charge in [-0.3, -0.25) is 0 Å². The molecule has 1 aliphatic rings. The largest absolute Gasteiger partial charge is 0.467 e. The second-order valence-corrected chi connectivity index (χ2v) is 29.1. The van der Waals surface area contributed by atoms with E-state index in [9.17, 15) is 10.3 Å². The predicted octanol–water partition coefficient (Wildman–Crippen LogP) is 7.37. The van der Waals surface area contributed by atoms with Crippen LogP contribution < -0.4 is 0 Å². The van der Waals surface area contributed by atoms with Gasteiger partial charge in [-0.2, -0.15) is 0 Å². The summed E-state index contributed by atoms with van der Waals surface area (Å²) in [5.74, 6) is -0.798. The summed E-state index contributed by atoms with van der Waals surface area (Å²) < 4.78 is 31.9. The summed E-state index contributed by atoms with van der Waals surface area (Å²) in [6.45, 7) is 32.3. The normalized spacial score (nSPS) is 26.1. The number of esters is 1. The number of azide groups is 1. The van der Waals surface area contributed by atoms with Gasteiger partial charge in [-0.05, 0) is 65.0 Å². The molecule has 0 aromatic heterocycles. The minimum absolute atomic E-state index is 0.0251. The molecule has 0 aromatic rings. The van der Waals surface area contributed by atoms with Crippen molar-refractivity contribution in [2.45, 2.75) is 141 Å². The zero-order valence-corrected chi connectivity index (χ0v) is 29.2. The third-order valence-corrected chi connectivity index (χ3v) is 22.4. The minimum atomic E-state index is -2.50. The molecule has 1 rings (SSSR count). The van der Waals surface area contributed by atoms with Crippen LogP contribution in [0.5, 0.6) is 0 Å². The highest BCUT2D eigenvalue weighted by molar-refractivity contribution is 6.75. The van der Waals surface area contributed by atoms with Crippen LogP contribution in [0, 0.1) is 0 Å². The maximum Gasteiger partial charge on any atom is 0.347 e. The Balaban J connectivity index is 3.79. The molecule has 4 atom stereocenters. The molecule has 0 radical (unpaired) electrons. The standard InChI is InChI=1S/C25H53N3O6Si3/c1-22(2,3)35(11,12)31-17-18-19(33-36(13,14)23(4,5)6)20(34-37(15,16)24(7,8)9)25(32-18,27-28-26)21(29)30-10/h18-20H,17H2,1-16H3/t18-,19-,20+,25+/m1/s1. The van der Waals surface area contributed by atoms with E-state index in [-0.39, 0.29) is 21.7 Å². The van der Waals surface area contributed by atoms with Crippen LogP contribution in [-0.4, -0.2) is 68.7 Å². The van der Waals surface area contributed by atoms with Gasteiger partial charge in [-0.1, -0.05) is 62.3 Å². The van der Waals surface area contributed by atoms with Crippen LogP contribution in [0.1, 0.15) is 62.3 Å².